The van der Waals surface area contributed by atoms with Crippen LogP contribution in [-0.4, -0.2) is 82.5 Å². The van der Waals surface area contributed by atoms with E-state index >= 15 is 0 Å². The largest absolute Gasteiger partial charge is 0.339 e. The third-order valence-corrected chi connectivity index (χ3v) is 9.05. The van der Waals surface area contributed by atoms with Gasteiger partial charge in [-0.05, 0) is 30.9 Å². The third kappa shape index (κ3) is 4.04. The number of rotatable bonds is 3. The minimum atomic E-state index is -3.11. The van der Waals surface area contributed by atoms with Crippen LogP contribution in [0.1, 0.15) is 35.4 Å². The average molecular weight is 488 g/mol. The highest BCUT2D eigenvalue weighted by Gasteiger charge is 2.33. The summed E-state index contributed by atoms with van der Waals surface area (Å²) in [6.45, 7) is 5.31. The van der Waals surface area contributed by atoms with Gasteiger partial charge in [-0.3, -0.25) is 9.59 Å². The zero-order chi connectivity index (χ0) is 23.3. The van der Waals surface area contributed by atoms with Crippen molar-refractivity contribution in [1.29, 1.82) is 0 Å². The van der Waals surface area contributed by atoms with Crippen LogP contribution >= 0.6 is 11.3 Å². The van der Waals surface area contributed by atoms with Gasteiger partial charge in [-0.25, -0.2) is 18.1 Å². The van der Waals surface area contributed by atoms with Crippen molar-refractivity contribution in [3.05, 3.63) is 34.8 Å². The Kier molecular flexibility index (Phi) is 5.48. The van der Waals surface area contributed by atoms with Gasteiger partial charge in [0.15, 0.2) is 15.5 Å². The summed E-state index contributed by atoms with van der Waals surface area (Å²) in [6, 6.07) is 5.41. The van der Waals surface area contributed by atoms with Crippen molar-refractivity contribution < 1.29 is 18.0 Å². The van der Waals surface area contributed by atoms with Gasteiger partial charge in [-0.15, -0.1) is 11.3 Å². The number of thiophene rings is 1. The predicted molar refractivity (Wildman–Crippen MR) is 126 cm³/mol. The summed E-state index contributed by atoms with van der Waals surface area (Å²) in [5.41, 5.74) is 2.39. The average Bonchev–Trinajstić information content (AvgIpc) is 3.52. The molecule has 0 bridgehead atoms. The van der Waals surface area contributed by atoms with Crippen LogP contribution < -0.4 is 0 Å². The second-order valence-electron chi connectivity index (χ2n) is 8.62. The molecule has 5 heterocycles. The van der Waals surface area contributed by atoms with Crippen LogP contribution in [0.3, 0.4) is 0 Å². The second kappa shape index (κ2) is 8.21. The van der Waals surface area contributed by atoms with E-state index in [1.165, 1.54) is 18.3 Å². The Morgan fingerprint density at radius 3 is 2.48 bits per heavy atom. The molecular formula is C22H25N5O4S2. The number of piperazine rings is 1. The van der Waals surface area contributed by atoms with Gasteiger partial charge in [0.05, 0.1) is 44.8 Å². The summed E-state index contributed by atoms with van der Waals surface area (Å²) in [5.74, 6) is 0.0568. The number of hydrogen-bond acceptors (Lipinski definition) is 7. The molecule has 2 aliphatic rings. The molecular weight excluding hydrogens is 462 g/mol. The molecule has 9 nitrogen and oxygen atoms in total. The smallest absolute Gasteiger partial charge is 0.254 e. The fraction of sp³-hybridized carbons (Fsp3) is 0.455. The van der Waals surface area contributed by atoms with E-state index in [0.29, 0.717) is 60.6 Å². The lowest BCUT2D eigenvalue weighted by atomic mass is 10.1. The summed E-state index contributed by atoms with van der Waals surface area (Å²) >= 11 is 1.53. The summed E-state index contributed by atoms with van der Waals surface area (Å²) < 4.78 is 25.9. The van der Waals surface area contributed by atoms with Crippen molar-refractivity contribution in [3.63, 3.8) is 0 Å². The number of amides is 2. The Morgan fingerprint density at radius 1 is 1.15 bits per heavy atom. The van der Waals surface area contributed by atoms with E-state index in [1.54, 1.807) is 14.5 Å². The zero-order valence-corrected chi connectivity index (χ0v) is 20.2. The molecule has 11 heteroatoms. The molecule has 1 atom stereocenters. The van der Waals surface area contributed by atoms with E-state index in [2.05, 4.69) is 5.10 Å². The van der Waals surface area contributed by atoms with E-state index in [0.717, 1.165) is 4.88 Å². The first-order chi connectivity index (χ1) is 15.7. The van der Waals surface area contributed by atoms with E-state index in [1.807, 2.05) is 30.5 Å². The highest BCUT2D eigenvalue weighted by Crippen LogP contribution is 2.33. The van der Waals surface area contributed by atoms with E-state index in [9.17, 15) is 18.0 Å². The zero-order valence-electron chi connectivity index (χ0n) is 18.5. The first kappa shape index (κ1) is 22.0. The lowest BCUT2D eigenvalue weighted by Crippen LogP contribution is -2.50. The first-order valence-corrected chi connectivity index (χ1v) is 13.6. The molecule has 3 aromatic heterocycles. The lowest BCUT2D eigenvalue weighted by molar-refractivity contribution is -0.130. The minimum Gasteiger partial charge on any atom is -0.339 e. The van der Waals surface area contributed by atoms with Gasteiger partial charge < -0.3 is 9.80 Å². The van der Waals surface area contributed by atoms with Crippen LogP contribution in [0, 0.1) is 6.92 Å². The molecule has 33 heavy (non-hydrogen) atoms. The van der Waals surface area contributed by atoms with Gasteiger partial charge in [0.25, 0.3) is 5.91 Å². The van der Waals surface area contributed by atoms with Crippen LogP contribution in [0.4, 0.5) is 0 Å². The quantitative estimate of drug-likeness (QED) is 0.560. The predicted octanol–water partition coefficient (Wildman–Crippen LogP) is 2.13. The number of pyridine rings is 1. The summed E-state index contributed by atoms with van der Waals surface area (Å²) in [6.07, 6.45) is 0.486. The highest BCUT2D eigenvalue weighted by atomic mass is 32.2. The Hall–Kier alpha value is -2.79. The Balaban J connectivity index is 1.60. The van der Waals surface area contributed by atoms with Crippen molar-refractivity contribution in [2.75, 3.05) is 37.7 Å². The van der Waals surface area contributed by atoms with Crippen molar-refractivity contribution in [2.24, 2.45) is 0 Å². The van der Waals surface area contributed by atoms with Gasteiger partial charge >= 0.3 is 0 Å². The molecule has 2 aliphatic heterocycles. The SMILES string of the molecule is CC(=O)N1CCN(C(=O)c2cc(-c3cccs3)nc3c2c(C)nn3[C@@H]2CCS(=O)(=O)C2)CC1. The molecule has 0 radical (unpaired) electrons. The van der Waals surface area contributed by atoms with Crippen LogP contribution in [0.5, 0.6) is 0 Å². The Bertz CT molecular complexity index is 1340. The Labute approximate surface area is 195 Å². The topological polar surface area (TPSA) is 105 Å². The minimum absolute atomic E-state index is 0.0111. The first-order valence-electron chi connectivity index (χ1n) is 10.9. The van der Waals surface area contributed by atoms with Crippen molar-refractivity contribution in [3.8, 4) is 10.6 Å². The van der Waals surface area contributed by atoms with Gasteiger partial charge in [-0.2, -0.15) is 5.10 Å². The van der Waals surface area contributed by atoms with Gasteiger partial charge in [0.1, 0.15) is 0 Å². The lowest BCUT2D eigenvalue weighted by Gasteiger charge is -2.34. The van der Waals surface area contributed by atoms with Crippen LogP contribution in [0.2, 0.25) is 0 Å². The number of carbonyl (C=O) groups excluding carboxylic acids is 2. The fourth-order valence-corrected chi connectivity index (χ4v) is 7.03. The fourth-order valence-electron chi connectivity index (χ4n) is 4.65. The van der Waals surface area contributed by atoms with E-state index < -0.39 is 9.84 Å². The normalized spacial score (nSPS) is 20.5. The van der Waals surface area contributed by atoms with Crippen LogP contribution in [-0.2, 0) is 14.6 Å². The molecule has 5 rings (SSSR count). The maximum absolute atomic E-state index is 13.7. The van der Waals surface area contributed by atoms with Crippen molar-refractivity contribution in [1.82, 2.24) is 24.6 Å². The summed E-state index contributed by atoms with van der Waals surface area (Å²) in [4.78, 5) is 34.6. The van der Waals surface area contributed by atoms with Crippen molar-refractivity contribution >= 4 is 44.0 Å². The number of hydrogen-bond donors (Lipinski definition) is 0. The van der Waals surface area contributed by atoms with Crippen LogP contribution in [0.25, 0.3) is 21.6 Å². The standard InChI is InChI=1S/C22H25N5O4S2/c1-14-20-17(22(29)26-8-6-25(7-9-26)15(2)28)12-18(19-4-3-10-32-19)23-21(20)27(24-14)16-5-11-33(30,31)13-16/h3-4,10,12,16H,5-9,11,13H2,1-2H3/t16-/m1/s1. The van der Waals surface area contributed by atoms with Crippen LogP contribution in [0.15, 0.2) is 23.6 Å². The molecule has 0 spiro atoms. The maximum Gasteiger partial charge on any atom is 0.254 e. The number of aryl methyl sites for hydroxylation is 1. The van der Waals surface area contributed by atoms with Crippen molar-refractivity contribution in [2.45, 2.75) is 26.3 Å². The molecule has 2 amide bonds. The molecule has 0 aromatic carbocycles. The number of aromatic nitrogens is 3. The van der Waals surface area contributed by atoms with Gasteiger partial charge in [0.2, 0.25) is 5.91 Å². The molecule has 3 aromatic rings. The van der Waals surface area contributed by atoms with E-state index in [-0.39, 0.29) is 29.4 Å². The second-order valence-corrected chi connectivity index (χ2v) is 11.8. The maximum atomic E-state index is 13.7. The third-order valence-electron chi connectivity index (χ3n) is 6.41. The monoisotopic (exact) mass is 487 g/mol. The number of sulfone groups is 1. The highest BCUT2D eigenvalue weighted by molar-refractivity contribution is 7.91. The Morgan fingerprint density at radius 2 is 1.88 bits per heavy atom. The summed E-state index contributed by atoms with van der Waals surface area (Å²) in [7, 11) is -3.11. The van der Waals surface area contributed by atoms with Gasteiger partial charge in [-0.1, -0.05) is 6.07 Å². The molecule has 0 unspecified atom stereocenters. The molecule has 0 saturated carbocycles. The number of nitrogens with zero attached hydrogens (tertiary/aromatic N) is 5. The number of fused-ring (bicyclic) bond motifs is 1. The van der Waals surface area contributed by atoms with Gasteiger partial charge in [0, 0.05) is 33.1 Å². The molecule has 174 valence electrons. The summed E-state index contributed by atoms with van der Waals surface area (Å²) in [5, 5.41) is 7.27. The molecule has 0 N–H and O–H groups in total. The molecule has 0 aliphatic carbocycles. The molecule has 2 saturated heterocycles. The molecule has 2 fully saturated rings. The number of carbonyl (C=O) groups is 2. The van der Waals surface area contributed by atoms with E-state index in [4.69, 9.17) is 4.98 Å².